The molecule has 21 heavy (non-hydrogen) atoms. The van der Waals surface area contributed by atoms with Crippen LogP contribution in [0.1, 0.15) is 23.0 Å². The van der Waals surface area contributed by atoms with E-state index < -0.39 is 0 Å². The van der Waals surface area contributed by atoms with Crippen LogP contribution in [0.2, 0.25) is 0 Å². The maximum atomic E-state index is 13.0. The summed E-state index contributed by atoms with van der Waals surface area (Å²) in [6, 6.07) is 6.32. The third-order valence-electron chi connectivity index (χ3n) is 2.83. The highest BCUT2D eigenvalue weighted by Crippen LogP contribution is 2.04. The summed E-state index contributed by atoms with van der Waals surface area (Å²) in [4.78, 5) is 20.0. The van der Waals surface area contributed by atoms with Crippen molar-refractivity contribution in [2.75, 3.05) is 18.4 Å². The number of anilines is 1. The van der Waals surface area contributed by atoms with Crippen LogP contribution in [0.15, 0.2) is 36.7 Å². The Morgan fingerprint density at radius 1 is 1.29 bits per heavy atom. The highest BCUT2D eigenvalue weighted by Gasteiger charge is 2.07. The Bertz CT molecular complexity index is 601. The summed E-state index contributed by atoms with van der Waals surface area (Å²) in [6.45, 7) is 3.11. The lowest BCUT2D eigenvalue weighted by Gasteiger charge is -2.06. The molecule has 1 amide bonds. The Morgan fingerprint density at radius 3 is 2.81 bits per heavy atom. The normalized spacial score (nSPS) is 10.2. The molecule has 110 valence electrons. The zero-order valence-electron chi connectivity index (χ0n) is 11.8. The van der Waals surface area contributed by atoms with E-state index in [1.807, 2.05) is 13.0 Å². The van der Waals surface area contributed by atoms with E-state index in [9.17, 15) is 9.18 Å². The molecular weight excluding hydrogens is 271 g/mol. The van der Waals surface area contributed by atoms with Crippen LogP contribution in [0.4, 0.5) is 10.2 Å². The van der Waals surface area contributed by atoms with Crippen LogP contribution >= 0.6 is 0 Å². The van der Waals surface area contributed by atoms with Gasteiger partial charge in [0, 0.05) is 13.1 Å². The van der Waals surface area contributed by atoms with Crippen LogP contribution < -0.4 is 10.6 Å². The monoisotopic (exact) mass is 288 g/mol. The molecule has 0 aliphatic carbocycles. The molecule has 0 spiro atoms. The summed E-state index contributed by atoms with van der Waals surface area (Å²) in [5.41, 5.74) is 1.10. The molecule has 0 bridgehead atoms. The Morgan fingerprint density at radius 2 is 2.14 bits per heavy atom. The van der Waals surface area contributed by atoms with Crippen molar-refractivity contribution in [2.45, 2.75) is 13.3 Å². The number of nitrogens with one attached hydrogen (secondary N) is 2. The molecule has 0 radical (unpaired) electrons. The summed E-state index contributed by atoms with van der Waals surface area (Å²) in [5, 5.41) is 5.74. The van der Waals surface area contributed by atoms with Gasteiger partial charge in [0.05, 0.1) is 12.4 Å². The molecule has 0 fully saturated rings. The highest BCUT2D eigenvalue weighted by atomic mass is 19.1. The van der Waals surface area contributed by atoms with E-state index in [0.29, 0.717) is 18.8 Å². The Balaban J connectivity index is 1.84. The molecule has 5 nitrogen and oxygen atoms in total. The van der Waals surface area contributed by atoms with E-state index in [-0.39, 0.29) is 17.4 Å². The number of hydrogen-bond donors (Lipinski definition) is 2. The van der Waals surface area contributed by atoms with Gasteiger partial charge in [0.1, 0.15) is 17.3 Å². The number of aromatic nitrogens is 2. The Labute approximate surface area is 122 Å². The van der Waals surface area contributed by atoms with Crippen LogP contribution in [0.3, 0.4) is 0 Å². The maximum absolute atomic E-state index is 13.0. The standard InChI is InChI=1S/C15H17FN4O/c1-2-17-14-10-19-13(9-20-14)15(21)18-7-6-11-4-3-5-12(16)8-11/h3-5,8-10H,2,6-7H2,1H3,(H,17,20)(H,18,21). The van der Waals surface area contributed by atoms with Crippen LogP contribution in [0, 0.1) is 5.82 Å². The quantitative estimate of drug-likeness (QED) is 0.853. The summed E-state index contributed by atoms with van der Waals surface area (Å²) in [7, 11) is 0. The van der Waals surface area contributed by atoms with E-state index >= 15 is 0 Å². The molecule has 0 aliphatic heterocycles. The van der Waals surface area contributed by atoms with Gasteiger partial charge in [-0.25, -0.2) is 14.4 Å². The predicted molar refractivity (Wildman–Crippen MR) is 78.6 cm³/mol. The molecule has 0 atom stereocenters. The number of nitrogens with zero attached hydrogens (tertiary/aromatic N) is 2. The molecule has 0 saturated heterocycles. The maximum Gasteiger partial charge on any atom is 0.271 e. The largest absolute Gasteiger partial charge is 0.369 e. The van der Waals surface area contributed by atoms with Crippen molar-refractivity contribution in [3.05, 3.63) is 53.7 Å². The summed E-state index contributed by atoms with van der Waals surface area (Å²) < 4.78 is 13.0. The predicted octanol–water partition coefficient (Wildman–Crippen LogP) is 2.02. The second-order valence-corrected chi connectivity index (χ2v) is 4.45. The Kier molecular flexibility index (Phi) is 5.20. The van der Waals surface area contributed by atoms with Crippen LogP contribution in [0.25, 0.3) is 0 Å². The SMILES string of the molecule is CCNc1cnc(C(=O)NCCc2cccc(F)c2)cn1. The van der Waals surface area contributed by atoms with E-state index in [1.54, 1.807) is 6.07 Å². The van der Waals surface area contributed by atoms with E-state index in [1.165, 1.54) is 24.5 Å². The molecule has 2 aromatic rings. The van der Waals surface area contributed by atoms with Gasteiger partial charge in [-0.05, 0) is 31.0 Å². The minimum atomic E-state index is -0.290. The number of hydrogen-bond acceptors (Lipinski definition) is 4. The van der Waals surface area contributed by atoms with Crippen molar-refractivity contribution >= 4 is 11.7 Å². The first-order chi connectivity index (χ1) is 10.2. The van der Waals surface area contributed by atoms with Crippen molar-refractivity contribution in [3.63, 3.8) is 0 Å². The number of amides is 1. The topological polar surface area (TPSA) is 66.9 Å². The van der Waals surface area contributed by atoms with Crippen molar-refractivity contribution in [1.82, 2.24) is 15.3 Å². The fourth-order valence-corrected chi connectivity index (χ4v) is 1.82. The molecular formula is C15H17FN4O. The lowest BCUT2D eigenvalue weighted by atomic mass is 10.1. The van der Waals surface area contributed by atoms with Gasteiger partial charge in [0.15, 0.2) is 0 Å². The summed E-state index contributed by atoms with van der Waals surface area (Å²) in [6.07, 6.45) is 3.51. The molecule has 2 N–H and O–H groups in total. The van der Waals surface area contributed by atoms with Gasteiger partial charge in [-0.1, -0.05) is 12.1 Å². The second-order valence-electron chi connectivity index (χ2n) is 4.45. The van der Waals surface area contributed by atoms with Gasteiger partial charge < -0.3 is 10.6 Å². The van der Waals surface area contributed by atoms with Gasteiger partial charge in [0.25, 0.3) is 5.91 Å². The lowest BCUT2D eigenvalue weighted by Crippen LogP contribution is -2.26. The first-order valence-corrected chi connectivity index (χ1v) is 6.77. The Hall–Kier alpha value is -2.50. The fraction of sp³-hybridized carbons (Fsp3) is 0.267. The van der Waals surface area contributed by atoms with Crippen molar-refractivity contribution < 1.29 is 9.18 Å². The summed E-state index contributed by atoms with van der Waals surface area (Å²) in [5.74, 6) is 0.0690. The zero-order chi connectivity index (χ0) is 15.1. The smallest absolute Gasteiger partial charge is 0.271 e. The first-order valence-electron chi connectivity index (χ1n) is 6.77. The summed E-state index contributed by atoms with van der Waals surface area (Å²) >= 11 is 0. The number of benzene rings is 1. The minimum absolute atomic E-state index is 0.260. The van der Waals surface area contributed by atoms with Crippen molar-refractivity contribution in [1.29, 1.82) is 0 Å². The lowest BCUT2D eigenvalue weighted by molar-refractivity contribution is 0.0949. The third-order valence-corrected chi connectivity index (χ3v) is 2.83. The van der Waals surface area contributed by atoms with E-state index in [2.05, 4.69) is 20.6 Å². The van der Waals surface area contributed by atoms with Gasteiger partial charge in [0.2, 0.25) is 0 Å². The number of carbonyl (C=O) groups is 1. The zero-order valence-corrected chi connectivity index (χ0v) is 11.8. The molecule has 1 aromatic heterocycles. The molecule has 1 aromatic carbocycles. The molecule has 0 saturated carbocycles. The number of halogens is 1. The van der Waals surface area contributed by atoms with Gasteiger partial charge >= 0.3 is 0 Å². The van der Waals surface area contributed by atoms with Crippen LogP contribution in [-0.4, -0.2) is 29.0 Å². The number of carbonyl (C=O) groups excluding carboxylic acids is 1. The average Bonchev–Trinajstić information content (AvgIpc) is 2.48. The third kappa shape index (κ3) is 4.52. The average molecular weight is 288 g/mol. The van der Waals surface area contributed by atoms with Crippen LogP contribution in [-0.2, 0) is 6.42 Å². The van der Waals surface area contributed by atoms with Crippen molar-refractivity contribution in [3.8, 4) is 0 Å². The van der Waals surface area contributed by atoms with E-state index in [0.717, 1.165) is 12.1 Å². The van der Waals surface area contributed by atoms with E-state index in [4.69, 9.17) is 0 Å². The number of rotatable bonds is 6. The molecule has 0 aliphatic rings. The minimum Gasteiger partial charge on any atom is -0.369 e. The molecule has 1 heterocycles. The van der Waals surface area contributed by atoms with Gasteiger partial charge in [-0.3, -0.25) is 4.79 Å². The van der Waals surface area contributed by atoms with Crippen LogP contribution in [0.5, 0.6) is 0 Å². The van der Waals surface area contributed by atoms with Crippen molar-refractivity contribution in [2.24, 2.45) is 0 Å². The molecule has 0 unspecified atom stereocenters. The molecule has 6 heteroatoms. The van der Waals surface area contributed by atoms with Gasteiger partial charge in [-0.15, -0.1) is 0 Å². The van der Waals surface area contributed by atoms with Gasteiger partial charge in [-0.2, -0.15) is 0 Å². The fourth-order valence-electron chi connectivity index (χ4n) is 1.82. The molecule has 2 rings (SSSR count). The second kappa shape index (κ2) is 7.33. The first kappa shape index (κ1) is 14.9. The highest BCUT2D eigenvalue weighted by molar-refractivity contribution is 5.91.